The first-order valence-electron chi connectivity index (χ1n) is 9.86. The normalized spacial score (nSPS) is 11.2. The summed E-state index contributed by atoms with van der Waals surface area (Å²) in [6.07, 6.45) is 0. The first-order chi connectivity index (χ1) is 15.2. The van der Waals surface area contributed by atoms with E-state index in [2.05, 4.69) is 58.0 Å². The number of nitrogens with zero attached hydrogens (tertiary/aromatic N) is 3. The zero-order valence-corrected chi connectivity index (χ0v) is 23.2. The number of amides is 1. The van der Waals surface area contributed by atoms with Crippen LogP contribution in [0.4, 0.5) is 5.69 Å². The highest BCUT2D eigenvalue weighted by Gasteiger charge is 2.14. The summed E-state index contributed by atoms with van der Waals surface area (Å²) < 4.78 is 3.08. The van der Waals surface area contributed by atoms with E-state index in [1.165, 1.54) is 11.8 Å². The maximum absolute atomic E-state index is 12.5. The van der Waals surface area contributed by atoms with Crippen molar-refractivity contribution in [3.05, 3.63) is 67.0 Å². The molecule has 0 spiro atoms. The highest BCUT2D eigenvalue weighted by molar-refractivity contribution is 14.1. The lowest BCUT2D eigenvalue weighted by molar-refractivity contribution is -0.113. The van der Waals surface area contributed by atoms with Crippen LogP contribution in [0, 0.1) is 3.57 Å². The molecule has 0 fully saturated rings. The van der Waals surface area contributed by atoms with Crippen molar-refractivity contribution in [2.24, 2.45) is 7.05 Å². The lowest BCUT2D eigenvalue weighted by Crippen LogP contribution is -2.16. The van der Waals surface area contributed by atoms with E-state index < -0.39 is 0 Å². The number of hydrogen-bond donors (Lipinski definition) is 1. The third kappa shape index (κ3) is 7.03. The van der Waals surface area contributed by atoms with Crippen LogP contribution in [0.25, 0.3) is 0 Å². The Morgan fingerprint density at radius 1 is 1.16 bits per heavy atom. The van der Waals surface area contributed by atoms with Gasteiger partial charge in [0.05, 0.1) is 11.5 Å². The molecule has 0 radical (unpaired) electrons. The second-order valence-corrected chi connectivity index (χ2v) is 11.4. The van der Waals surface area contributed by atoms with Gasteiger partial charge in [-0.05, 0) is 70.0 Å². The van der Waals surface area contributed by atoms with Crippen LogP contribution in [0.15, 0.2) is 41.6 Å². The number of hydrogen-bond acceptors (Lipinski definition) is 5. The maximum atomic E-state index is 12.5. The van der Waals surface area contributed by atoms with Crippen LogP contribution in [0.3, 0.4) is 0 Å². The molecule has 3 rings (SSSR count). The molecule has 0 saturated heterocycles. The Bertz CT molecular complexity index is 1110. The van der Waals surface area contributed by atoms with Gasteiger partial charge >= 0.3 is 0 Å². The molecule has 2 aromatic carbocycles. The second-order valence-electron chi connectivity index (χ2n) is 7.41. The smallest absolute Gasteiger partial charge is 0.234 e. The minimum atomic E-state index is -0.0607. The fourth-order valence-corrected chi connectivity index (χ4v) is 5.74. The average Bonchev–Trinajstić information content (AvgIpc) is 3.09. The standard InChI is InChI=1S/C22H23Cl2IN4OS2/c1-13(2)17-9-16(25)6-7-19(17)26-21(30)12-32-22-28-27-20(29(22)3)11-31-10-14-4-5-15(23)8-18(14)24/h4-9,13H,10-12H2,1-3H3,(H,26,30). The first kappa shape index (κ1) is 25.7. The quantitative estimate of drug-likeness (QED) is 0.206. The van der Waals surface area contributed by atoms with Crippen LogP contribution in [0.5, 0.6) is 0 Å². The van der Waals surface area contributed by atoms with Gasteiger partial charge in [-0.1, -0.05) is 54.9 Å². The molecule has 0 atom stereocenters. The molecule has 5 nitrogen and oxygen atoms in total. The molecular weight excluding hydrogens is 598 g/mol. The van der Waals surface area contributed by atoms with E-state index in [4.69, 9.17) is 23.2 Å². The van der Waals surface area contributed by atoms with Crippen LogP contribution < -0.4 is 5.32 Å². The SMILES string of the molecule is CC(C)c1cc(I)ccc1NC(=O)CSc1nnc(CSCc2ccc(Cl)cc2Cl)n1C. The Morgan fingerprint density at radius 3 is 2.66 bits per heavy atom. The van der Waals surface area contributed by atoms with Crippen molar-refractivity contribution >= 4 is 80.9 Å². The minimum Gasteiger partial charge on any atom is -0.325 e. The van der Waals surface area contributed by atoms with Gasteiger partial charge in [-0.3, -0.25) is 4.79 Å². The number of rotatable bonds is 9. The van der Waals surface area contributed by atoms with Gasteiger partial charge in [-0.25, -0.2) is 0 Å². The van der Waals surface area contributed by atoms with Gasteiger partial charge in [-0.2, -0.15) is 0 Å². The van der Waals surface area contributed by atoms with Crippen molar-refractivity contribution in [3.63, 3.8) is 0 Å². The van der Waals surface area contributed by atoms with Gasteiger partial charge in [0.1, 0.15) is 5.82 Å². The van der Waals surface area contributed by atoms with E-state index in [1.54, 1.807) is 17.8 Å². The first-order valence-corrected chi connectivity index (χ1v) is 13.8. The molecule has 32 heavy (non-hydrogen) atoms. The third-order valence-electron chi connectivity index (χ3n) is 4.67. The molecule has 0 aliphatic rings. The van der Waals surface area contributed by atoms with E-state index >= 15 is 0 Å². The minimum absolute atomic E-state index is 0.0607. The second kappa shape index (κ2) is 12.0. The van der Waals surface area contributed by atoms with Crippen molar-refractivity contribution < 1.29 is 4.79 Å². The largest absolute Gasteiger partial charge is 0.325 e. The van der Waals surface area contributed by atoms with Crippen molar-refractivity contribution in [3.8, 4) is 0 Å². The van der Waals surface area contributed by atoms with E-state index in [-0.39, 0.29) is 11.7 Å². The Morgan fingerprint density at radius 2 is 1.94 bits per heavy atom. The number of benzene rings is 2. The molecule has 0 bridgehead atoms. The maximum Gasteiger partial charge on any atom is 0.234 e. The van der Waals surface area contributed by atoms with Crippen molar-refractivity contribution in [2.75, 3.05) is 11.1 Å². The van der Waals surface area contributed by atoms with Crippen molar-refractivity contribution in [1.82, 2.24) is 14.8 Å². The molecule has 170 valence electrons. The number of aromatic nitrogens is 3. The monoisotopic (exact) mass is 620 g/mol. The van der Waals surface area contributed by atoms with Gasteiger partial charge in [0.2, 0.25) is 5.91 Å². The van der Waals surface area contributed by atoms with Crippen molar-refractivity contribution in [1.29, 1.82) is 0 Å². The average molecular weight is 621 g/mol. The highest BCUT2D eigenvalue weighted by Crippen LogP contribution is 2.28. The number of carbonyl (C=O) groups excluding carboxylic acids is 1. The van der Waals surface area contributed by atoms with E-state index in [0.717, 1.165) is 32.0 Å². The fourth-order valence-electron chi connectivity index (χ4n) is 2.93. The van der Waals surface area contributed by atoms with Crippen LogP contribution in [0.1, 0.15) is 36.7 Å². The zero-order chi connectivity index (χ0) is 23.3. The molecule has 1 heterocycles. The summed E-state index contributed by atoms with van der Waals surface area (Å²) in [4.78, 5) is 12.5. The topological polar surface area (TPSA) is 59.8 Å². The summed E-state index contributed by atoms with van der Waals surface area (Å²) in [5.41, 5.74) is 3.03. The lowest BCUT2D eigenvalue weighted by Gasteiger charge is -2.14. The Hall–Kier alpha value is -0.940. The summed E-state index contributed by atoms with van der Waals surface area (Å²) in [5.74, 6) is 2.83. The Labute approximate surface area is 220 Å². The lowest BCUT2D eigenvalue weighted by atomic mass is 10.0. The molecule has 10 heteroatoms. The highest BCUT2D eigenvalue weighted by atomic mass is 127. The molecule has 0 aliphatic carbocycles. The number of halogens is 3. The fraction of sp³-hybridized carbons (Fsp3) is 0.318. The van der Waals surface area contributed by atoms with Crippen LogP contribution in [-0.4, -0.2) is 26.4 Å². The molecule has 0 aliphatic heterocycles. The van der Waals surface area contributed by atoms with Crippen LogP contribution in [-0.2, 0) is 23.3 Å². The van der Waals surface area contributed by atoms with Gasteiger partial charge in [0.15, 0.2) is 5.16 Å². The number of thioether (sulfide) groups is 2. The molecule has 1 aromatic heterocycles. The predicted octanol–water partition coefficient (Wildman–Crippen LogP) is 7.01. The molecule has 3 aromatic rings. The van der Waals surface area contributed by atoms with E-state index in [9.17, 15) is 4.79 Å². The molecule has 1 amide bonds. The van der Waals surface area contributed by atoms with Gasteiger partial charge in [-0.15, -0.1) is 22.0 Å². The predicted molar refractivity (Wildman–Crippen MR) is 145 cm³/mol. The van der Waals surface area contributed by atoms with Crippen molar-refractivity contribution in [2.45, 2.75) is 36.4 Å². The number of anilines is 1. The summed E-state index contributed by atoms with van der Waals surface area (Å²) in [5, 5.41) is 13.6. The summed E-state index contributed by atoms with van der Waals surface area (Å²) >= 11 is 17.6. The van der Waals surface area contributed by atoms with Gasteiger partial charge < -0.3 is 9.88 Å². The molecular formula is C22H23Cl2IN4OS2. The van der Waals surface area contributed by atoms with Crippen LogP contribution >= 0.6 is 69.3 Å². The summed E-state index contributed by atoms with van der Waals surface area (Å²) in [6.45, 7) is 4.24. The van der Waals surface area contributed by atoms with Gasteiger partial charge in [0, 0.05) is 32.1 Å². The van der Waals surface area contributed by atoms with E-state index in [1.807, 2.05) is 35.9 Å². The van der Waals surface area contributed by atoms with Gasteiger partial charge in [0.25, 0.3) is 0 Å². The molecule has 0 saturated carbocycles. The Balaban J connectivity index is 1.53. The van der Waals surface area contributed by atoms with Crippen LogP contribution in [0.2, 0.25) is 10.0 Å². The summed E-state index contributed by atoms with van der Waals surface area (Å²) in [7, 11) is 1.92. The zero-order valence-electron chi connectivity index (χ0n) is 17.9. The number of nitrogens with one attached hydrogen (secondary N) is 1. The molecule has 1 N–H and O–H groups in total. The number of carbonyl (C=O) groups is 1. The Kier molecular flexibility index (Phi) is 9.60. The van der Waals surface area contributed by atoms with E-state index in [0.29, 0.717) is 26.9 Å². The summed E-state index contributed by atoms with van der Waals surface area (Å²) in [6, 6.07) is 11.6. The molecule has 0 unspecified atom stereocenters. The third-order valence-corrected chi connectivity index (χ3v) is 7.93.